The van der Waals surface area contributed by atoms with Crippen molar-refractivity contribution < 1.29 is 15.0 Å². The van der Waals surface area contributed by atoms with Crippen molar-refractivity contribution in [3.63, 3.8) is 0 Å². The number of rotatable bonds is 67. The molecule has 0 aliphatic heterocycles. The van der Waals surface area contributed by atoms with E-state index in [9.17, 15) is 15.0 Å². The van der Waals surface area contributed by atoms with Crippen LogP contribution in [0.25, 0.3) is 0 Å². The third-order valence-corrected chi connectivity index (χ3v) is 16.9. The van der Waals surface area contributed by atoms with E-state index in [1.54, 1.807) is 0 Å². The zero-order valence-corrected chi connectivity index (χ0v) is 53.2. The summed E-state index contributed by atoms with van der Waals surface area (Å²) in [5, 5.41) is 23.5. The Kier molecular flexibility index (Phi) is 68.1. The molecule has 3 N–H and O–H groups in total. The Morgan fingerprint density at radius 1 is 0.321 bits per heavy atom. The maximum Gasteiger partial charge on any atom is 0.220 e. The zero-order chi connectivity index (χ0) is 56.2. The Bertz CT molecular complexity index is 1240. The van der Waals surface area contributed by atoms with Gasteiger partial charge in [0.15, 0.2) is 0 Å². The van der Waals surface area contributed by atoms with Gasteiger partial charge in [0.25, 0.3) is 0 Å². The monoisotopic (exact) mass is 1090 g/mol. The number of carbonyl (C=O) groups excluding carboxylic acids is 1. The summed E-state index contributed by atoms with van der Waals surface area (Å²) in [6.45, 7) is 4.29. The van der Waals surface area contributed by atoms with Crippen LogP contribution in [0.3, 0.4) is 0 Å². The molecule has 0 spiro atoms. The highest BCUT2D eigenvalue weighted by Crippen LogP contribution is 2.20. The van der Waals surface area contributed by atoms with Gasteiger partial charge in [-0.3, -0.25) is 4.79 Å². The lowest BCUT2D eigenvalue weighted by atomic mass is 10.0. The van der Waals surface area contributed by atoms with Gasteiger partial charge in [0, 0.05) is 6.42 Å². The fourth-order valence-corrected chi connectivity index (χ4v) is 11.5. The summed E-state index contributed by atoms with van der Waals surface area (Å²) in [5.41, 5.74) is 0. The Morgan fingerprint density at radius 3 is 0.846 bits per heavy atom. The molecule has 0 saturated carbocycles. The zero-order valence-electron chi connectivity index (χ0n) is 53.2. The first kappa shape index (κ1) is 76.3. The molecule has 4 heteroatoms. The van der Waals surface area contributed by atoms with E-state index in [0.717, 1.165) is 51.4 Å². The van der Waals surface area contributed by atoms with Crippen molar-refractivity contribution in [1.82, 2.24) is 5.32 Å². The van der Waals surface area contributed by atoms with Crippen LogP contribution < -0.4 is 5.32 Å². The highest BCUT2D eigenvalue weighted by atomic mass is 16.3. The van der Waals surface area contributed by atoms with Gasteiger partial charge in [-0.2, -0.15) is 0 Å². The Morgan fingerprint density at radius 2 is 0.564 bits per heavy atom. The summed E-state index contributed by atoms with van der Waals surface area (Å²) >= 11 is 0. The molecule has 0 aromatic carbocycles. The number of hydrogen-bond donors (Lipinski definition) is 3. The molecular weight excluding hydrogens is 951 g/mol. The third kappa shape index (κ3) is 65.2. The molecular formula is C74H141NO3. The van der Waals surface area contributed by atoms with E-state index in [1.807, 2.05) is 0 Å². The summed E-state index contributed by atoms with van der Waals surface area (Å²) in [6.07, 6.45) is 97.5. The van der Waals surface area contributed by atoms with Gasteiger partial charge >= 0.3 is 0 Å². The number of hydrogen-bond acceptors (Lipinski definition) is 3. The molecule has 460 valence electrons. The second-order valence-electron chi connectivity index (χ2n) is 24.6. The van der Waals surface area contributed by atoms with E-state index in [1.165, 1.54) is 321 Å². The molecule has 78 heavy (non-hydrogen) atoms. The van der Waals surface area contributed by atoms with Crippen molar-refractivity contribution in [2.75, 3.05) is 6.61 Å². The van der Waals surface area contributed by atoms with Crippen molar-refractivity contribution >= 4 is 5.91 Å². The molecule has 0 bridgehead atoms. The van der Waals surface area contributed by atoms with Crippen LogP contribution in [0, 0.1) is 0 Å². The van der Waals surface area contributed by atoms with Gasteiger partial charge in [0.2, 0.25) is 5.91 Å². The number of aliphatic hydroxyl groups is 2. The summed E-state index contributed by atoms with van der Waals surface area (Å²) in [4.78, 5) is 12.6. The van der Waals surface area contributed by atoms with E-state index in [4.69, 9.17) is 0 Å². The quantitative estimate of drug-likeness (QED) is 0.0420. The third-order valence-electron chi connectivity index (χ3n) is 16.9. The fraction of sp³-hybridized carbons (Fsp3) is 0.878. The van der Waals surface area contributed by atoms with Crippen molar-refractivity contribution in [2.24, 2.45) is 0 Å². The second kappa shape index (κ2) is 69.6. The summed E-state index contributed by atoms with van der Waals surface area (Å²) in [6, 6.07) is -0.537. The number of amides is 1. The van der Waals surface area contributed by atoms with Gasteiger partial charge < -0.3 is 15.5 Å². The van der Waals surface area contributed by atoms with Crippen LogP contribution in [0.2, 0.25) is 0 Å². The minimum atomic E-state index is -0.660. The molecule has 0 radical (unpaired) electrons. The highest BCUT2D eigenvalue weighted by Gasteiger charge is 2.20. The summed E-state index contributed by atoms with van der Waals surface area (Å²) in [7, 11) is 0. The van der Waals surface area contributed by atoms with E-state index in [2.05, 4.69) is 67.8 Å². The molecule has 0 aliphatic rings. The first-order valence-electron chi connectivity index (χ1n) is 35.8. The van der Waals surface area contributed by atoms with Gasteiger partial charge in [-0.15, -0.1) is 0 Å². The second-order valence-corrected chi connectivity index (χ2v) is 24.6. The van der Waals surface area contributed by atoms with Gasteiger partial charge in [-0.25, -0.2) is 0 Å². The Balaban J connectivity index is 3.38. The summed E-state index contributed by atoms with van der Waals surface area (Å²) in [5.74, 6) is -0.0228. The van der Waals surface area contributed by atoms with Crippen LogP contribution >= 0.6 is 0 Å². The Labute approximate surface area is 490 Å². The SMILES string of the molecule is CC/C=C\C/C=C\C/C=C\C/C=C\CCCCCCCCCCCCCCCCCCCCCCCCC(=O)NC(CO)C(O)CCCCCCCCCCCCCCCCCCCCCCCCCCCCCCCCC. The lowest BCUT2D eigenvalue weighted by Gasteiger charge is -2.22. The fourth-order valence-electron chi connectivity index (χ4n) is 11.5. The number of carbonyl (C=O) groups is 1. The molecule has 2 unspecified atom stereocenters. The number of unbranched alkanes of at least 4 members (excludes halogenated alkanes) is 52. The predicted octanol–water partition coefficient (Wildman–Crippen LogP) is 24.5. The van der Waals surface area contributed by atoms with E-state index < -0.39 is 12.1 Å². The Hall–Kier alpha value is -1.65. The number of nitrogens with one attached hydrogen (secondary N) is 1. The maximum absolute atomic E-state index is 12.6. The van der Waals surface area contributed by atoms with Crippen LogP contribution in [0.5, 0.6) is 0 Å². The van der Waals surface area contributed by atoms with Crippen molar-refractivity contribution in [3.05, 3.63) is 48.6 Å². The average molecular weight is 1090 g/mol. The van der Waals surface area contributed by atoms with E-state index in [-0.39, 0.29) is 12.5 Å². The van der Waals surface area contributed by atoms with E-state index >= 15 is 0 Å². The predicted molar refractivity (Wildman–Crippen MR) is 350 cm³/mol. The van der Waals surface area contributed by atoms with Gasteiger partial charge in [-0.1, -0.05) is 390 Å². The number of allylic oxidation sites excluding steroid dienone is 8. The molecule has 2 atom stereocenters. The standard InChI is InChI=1S/C74H141NO3/c1-3-5-7-9-11-13-15-17-19-21-23-25-27-29-31-33-35-36-37-38-40-42-44-46-48-50-52-54-56-58-60-62-64-66-68-70-74(78)75-72(71-76)73(77)69-67-65-63-61-59-57-55-53-51-49-47-45-43-41-39-34-32-30-28-26-24-22-20-18-16-14-12-10-8-6-4-2/h5,7,11,13,17,19,23,25,72-73,76-77H,3-4,6,8-10,12,14-16,18,20-22,24,26-71H2,1-2H3,(H,75,78)/b7-5-,13-11-,19-17-,25-23-. The first-order valence-corrected chi connectivity index (χ1v) is 35.8. The topological polar surface area (TPSA) is 69.6 Å². The van der Waals surface area contributed by atoms with Crippen molar-refractivity contribution in [2.45, 2.75) is 411 Å². The van der Waals surface area contributed by atoms with Gasteiger partial charge in [-0.05, 0) is 51.4 Å². The molecule has 0 heterocycles. The molecule has 0 saturated heterocycles. The van der Waals surface area contributed by atoms with Crippen LogP contribution in [0.4, 0.5) is 0 Å². The van der Waals surface area contributed by atoms with Crippen molar-refractivity contribution in [3.8, 4) is 0 Å². The average Bonchev–Trinajstić information content (AvgIpc) is 3.44. The highest BCUT2D eigenvalue weighted by molar-refractivity contribution is 5.76. The number of aliphatic hydroxyl groups excluding tert-OH is 2. The van der Waals surface area contributed by atoms with Crippen LogP contribution in [0.1, 0.15) is 399 Å². The minimum Gasteiger partial charge on any atom is -0.394 e. The van der Waals surface area contributed by atoms with Crippen LogP contribution in [-0.4, -0.2) is 34.9 Å². The molecule has 4 nitrogen and oxygen atoms in total. The first-order chi connectivity index (χ1) is 38.7. The molecule has 0 fully saturated rings. The maximum atomic E-state index is 12.6. The minimum absolute atomic E-state index is 0.0228. The van der Waals surface area contributed by atoms with E-state index in [0.29, 0.717) is 12.8 Å². The van der Waals surface area contributed by atoms with Crippen molar-refractivity contribution in [1.29, 1.82) is 0 Å². The molecule has 0 rings (SSSR count). The summed E-state index contributed by atoms with van der Waals surface area (Å²) < 4.78 is 0. The van der Waals surface area contributed by atoms with Gasteiger partial charge in [0.1, 0.15) is 0 Å². The lowest BCUT2D eigenvalue weighted by molar-refractivity contribution is -0.123. The molecule has 0 aliphatic carbocycles. The largest absolute Gasteiger partial charge is 0.394 e. The normalized spacial score (nSPS) is 12.9. The van der Waals surface area contributed by atoms with Crippen LogP contribution in [0.15, 0.2) is 48.6 Å². The molecule has 1 amide bonds. The lowest BCUT2D eigenvalue weighted by Crippen LogP contribution is -2.45. The van der Waals surface area contributed by atoms with Gasteiger partial charge in [0.05, 0.1) is 18.8 Å². The molecule has 0 aromatic heterocycles. The van der Waals surface area contributed by atoms with Crippen LogP contribution in [-0.2, 0) is 4.79 Å². The smallest absolute Gasteiger partial charge is 0.220 e. The molecule has 0 aromatic rings.